The third-order valence-corrected chi connectivity index (χ3v) is 3.49. The average Bonchev–Trinajstić information content (AvgIpc) is 2.45. The first-order chi connectivity index (χ1) is 8.86. The summed E-state index contributed by atoms with van der Waals surface area (Å²) in [5, 5.41) is 3.49. The Bertz CT molecular complexity index is 398. The summed E-state index contributed by atoms with van der Waals surface area (Å²) in [7, 11) is 0. The van der Waals surface area contributed by atoms with E-state index in [-0.39, 0.29) is 0 Å². The van der Waals surface area contributed by atoms with Crippen molar-refractivity contribution in [1.29, 1.82) is 0 Å². The van der Waals surface area contributed by atoms with Crippen molar-refractivity contribution < 1.29 is 4.74 Å². The van der Waals surface area contributed by atoms with E-state index >= 15 is 0 Å². The highest BCUT2D eigenvalue weighted by atomic mass is 16.5. The number of ether oxygens (including phenoxy) is 1. The minimum atomic E-state index is 0.527. The Balaban J connectivity index is 1.73. The lowest BCUT2D eigenvalue weighted by Gasteiger charge is -2.27. The fourth-order valence-electron chi connectivity index (χ4n) is 2.26. The van der Waals surface area contributed by atoms with Crippen molar-refractivity contribution in [3.63, 3.8) is 0 Å². The van der Waals surface area contributed by atoms with Crippen molar-refractivity contribution in [1.82, 2.24) is 5.32 Å². The van der Waals surface area contributed by atoms with Gasteiger partial charge in [0.15, 0.2) is 0 Å². The molecule has 1 N–H and O–H groups in total. The molecule has 1 aromatic rings. The van der Waals surface area contributed by atoms with Gasteiger partial charge in [-0.1, -0.05) is 30.0 Å². The lowest BCUT2D eigenvalue weighted by molar-refractivity contribution is 0.0565. The van der Waals surface area contributed by atoms with Crippen LogP contribution in [0.5, 0.6) is 0 Å². The summed E-state index contributed by atoms with van der Waals surface area (Å²) in [5.41, 5.74) is 1.08. The van der Waals surface area contributed by atoms with E-state index < -0.39 is 0 Å². The van der Waals surface area contributed by atoms with Crippen LogP contribution in [0.15, 0.2) is 30.3 Å². The van der Waals surface area contributed by atoms with E-state index in [4.69, 9.17) is 4.74 Å². The summed E-state index contributed by atoms with van der Waals surface area (Å²) < 4.78 is 5.38. The van der Waals surface area contributed by atoms with Crippen LogP contribution in [-0.2, 0) is 4.74 Å². The highest BCUT2D eigenvalue weighted by Crippen LogP contribution is 2.18. The van der Waals surface area contributed by atoms with E-state index in [1.165, 1.54) is 12.8 Å². The standard InChI is InChI=1S/C16H21NO/c1-14(16-9-12-18-13-10-16)17-11-5-8-15-6-3-2-4-7-15/h2-4,6-7,14,16-17H,9-13H2,1H3. The highest BCUT2D eigenvalue weighted by Gasteiger charge is 2.19. The topological polar surface area (TPSA) is 21.3 Å². The molecule has 0 spiro atoms. The molecule has 2 nitrogen and oxygen atoms in total. The molecule has 0 amide bonds. The molecule has 1 atom stereocenters. The van der Waals surface area contributed by atoms with Crippen LogP contribution in [0.1, 0.15) is 25.3 Å². The van der Waals surface area contributed by atoms with Gasteiger partial charge < -0.3 is 10.1 Å². The second kappa shape index (κ2) is 7.20. The van der Waals surface area contributed by atoms with E-state index in [0.717, 1.165) is 31.2 Å². The molecule has 96 valence electrons. The smallest absolute Gasteiger partial charge is 0.0582 e. The highest BCUT2D eigenvalue weighted by molar-refractivity contribution is 5.33. The normalized spacial score (nSPS) is 17.8. The third-order valence-electron chi connectivity index (χ3n) is 3.49. The predicted octanol–water partition coefficient (Wildman–Crippen LogP) is 2.44. The van der Waals surface area contributed by atoms with Crippen molar-refractivity contribution in [2.75, 3.05) is 19.8 Å². The monoisotopic (exact) mass is 243 g/mol. The Labute approximate surface area is 110 Å². The van der Waals surface area contributed by atoms with Gasteiger partial charge in [-0.25, -0.2) is 0 Å². The maximum atomic E-state index is 5.38. The minimum Gasteiger partial charge on any atom is -0.381 e. The molecule has 0 aliphatic carbocycles. The van der Waals surface area contributed by atoms with Crippen molar-refractivity contribution in [3.05, 3.63) is 35.9 Å². The van der Waals surface area contributed by atoms with Gasteiger partial charge in [0.2, 0.25) is 0 Å². The maximum Gasteiger partial charge on any atom is 0.0582 e. The number of hydrogen-bond acceptors (Lipinski definition) is 2. The van der Waals surface area contributed by atoms with Crippen LogP contribution in [0.4, 0.5) is 0 Å². The zero-order valence-corrected chi connectivity index (χ0v) is 11.0. The van der Waals surface area contributed by atoms with E-state index in [1.54, 1.807) is 0 Å². The van der Waals surface area contributed by atoms with Crippen LogP contribution in [-0.4, -0.2) is 25.8 Å². The summed E-state index contributed by atoms with van der Waals surface area (Å²) in [6.45, 7) is 4.83. The van der Waals surface area contributed by atoms with Gasteiger partial charge in [0, 0.05) is 24.8 Å². The molecule has 1 fully saturated rings. The molecule has 1 aliphatic heterocycles. The largest absolute Gasteiger partial charge is 0.381 e. The Morgan fingerprint density at radius 3 is 2.72 bits per heavy atom. The van der Waals surface area contributed by atoms with Gasteiger partial charge in [0.25, 0.3) is 0 Å². The molecule has 0 aromatic heterocycles. The number of hydrogen-bond donors (Lipinski definition) is 1. The molecule has 1 aliphatic rings. The number of nitrogens with one attached hydrogen (secondary N) is 1. The summed E-state index contributed by atoms with van der Waals surface area (Å²) in [6.07, 6.45) is 2.33. The summed E-state index contributed by atoms with van der Waals surface area (Å²) in [4.78, 5) is 0. The molecule has 1 heterocycles. The van der Waals surface area contributed by atoms with Crippen molar-refractivity contribution in [2.45, 2.75) is 25.8 Å². The first-order valence-electron chi connectivity index (χ1n) is 6.71. The van der Waals surface area contributed by atoms with Crippen molar-refractivity contribution >= 4 is 0 Å². The molecule has 0 radical (unpaired) electrons. The third kappa shape index (κ3) is 4.18. The molecule has 18 heavy (non-hydrogen) atoms. The zero-order valence-electron chi connectivity index (χ0n) is 11.0. The van der Waals surface area contributed by atoms with Gasteiger partial charge in [-0.3, -0.25) is 0 Å². The van der Waals surface area contributed by atoms with Crippen LogP contribution in [0.25, 0.3) is 0 Å². The van der Waals surface area contributed by atoms with E-state index in [9.17, 15) is 0 Å². The fourth-order valence-corrected chi connectivity index (χ4v) is 2.26. The van der Waals surface area contributed by atoms with Crippen molar-refractivity contribution in [2.24, 2.45) is 5.92 Å². The predicted molar refractivity (Wildman–Crippen MR) is 74.3 cm³/mol. The lowest BCUT2D eigenvalue weighted by Crippen LogP contribution is -2.36. The van der Waals surface area contributed by atoms with Gasteiger partial charge in [0.1, 0.15) is 0 Å². The summed E-state index contributed by atoms with van der Waals surface area (Å²) in [5.74, 6) is 7.08. The fraction of sp³-hybridized carbons (Fsp3) is 0.500. The molecule has 1 aromatic carbocycles. The van der Waals surface area contributed by atoms with Gasteiger partial charge >= 0.3 is 0 Å². The number of benzene rings is 1. The summed E-state index contributed by atoms with van der Waals surface area (Å²) >= 11 is 0. The SMILES string of the molecule is CC(NCC#Cc1ccccc1)C1CCOCC1. The van der Waals surface area contributed by atoms with Crippen LogP contribution >= 0.6 is 0 Å². The Morgan fingerprint density at radius 2 is 2.00 bits per heavy atom. The van der Waals surface area contributed by atoms with Gasteiger partial charge in [0.05, 0.1) is 6.54 Å². The Kier molecular flexibility index (Phi) is 5.26. The van der Waals surface area contributed by atoms with Crippen LogP contribution in [0, 0.1) is 17.8 Å². The van der Waals surface area contributed by atoms with Gasteiger partial charge in [-0.2, -0.15) is 0 Å². The molecule has 1 unspecified atom stereocenters. The molecule has 2 rings (SSSR count). The molecule has 0 bridgehead atoms. The van der Waals surface area contributed by atoms with E-state index in [0.29, 0.717) is 6.04 Å². The van der Waals surface area contributed by atoms with Crippen LogP contribution in [0.3, 0.4) is 0 Å². The zero-order chi connectivity index (χ0) is 12.6. The molecule has 2 heteroatoms. The molecule has 1 saturated heterocycles. The Hall–Kier alpha value is -1.30. The van der Waals surface area contributed by atoms with Gasteiger partial charge in [-0.15, -0.1) is 0 Å². The molecule has 0 saturated carbocycles. The van der Waals surface area contributed by atoms with Gasteiger partial charge in [-0.05, 0) is 37.8 Å². The number of rotatable bonds is 3. The lowest BCUT2D eigenvalue weighted by atomic mass is 9.93. The quantitative estimate of drug-likeness (QED) is 0.823. The van der Waals surface area contributed by atoms with Crippen LogP contribution in [0.2, 0.25) is 0 Å². The Morgan fingerprint density at radius 1 is 1.28 bits per heavy atom. The average molecular weight is 243 g/mol. The summed E-state index contributed by atoms with van der Waals surface area (Å²) in [6, 6.07) is 10.6. The molecular formula is C16H21NO. The first kappa shape index (κ1) is 13.1. The van der Waals surface area contributed by atoms with Crippen LogP contribution < -0.4 is 5.32 Å². The van der Waals surface area contributed by atoms with E-state index in [2.05, 4.69) is 24.1 Å². The molecular weight excluding hydrogens is 222 g/mol. The maximum absolute atomic E-state index is 5.38. The second-order valence-corrected chi connectivity index (χ2v) is 4.79. The van der Waals surface area contributed by atoms with Crippen molar-refractivity contribution in [3.8, 4) is 11.8 Å². The first-order valence-corrected chi connectivity index (χ1v) is 6.71. The second-order valence-electron chi connectivity index (χ2n) is 4.79. The minimum absolute atomic E-state index is 0.527. The van der Waals surface area contributed by atoms with E-state index in [1.807, 2.05) is 30.3 Å².